The summed E-state index contributed by atoms with van der Waals surface area (Å²) in [7, 11) is 3.17. The zero-order valence-corrected chi connectivity index (χ0v) is 15.4. The maximum Gasteiger partial charge on any atom is 0.231 e. The summed E-state index contributed by atoms with van der Waals surface area (Å²) in [6.07, 6.45) is 0. The molecular formula is C17H18BrN3O4. The number of fused-ring (bicyclic) bond motifs is 1. The van der Waals surface area contributed by atoms with E-state index in [1.54, 1.807) is 26.4 Å². The molecule has 0 saturated carbocycles. The molecule has 7 nitrogen and oxygen atoms in total. The van der Waals surface area contributed by atoms with Gasteiger partial charge in [-0.2, -0.15) is 0 Å². The molecule has 0 spiro atoms. The van der Waals surface area contributed by atoms with Gasteiger partial charge in [0.05, 0.1) is 25.2 Å². The molecule has 0 saturated heterocycles. The third-order valence-electron chi connectivity index (χ3n) is 3.57. The monoisotopic (exact) mass is 407 g/mol. The topological polar surface area (TPSA) is 87.3 Å². The molecule has 1 aliphatic rings. The van der Waals surface area contributed by atoms with Crippen LogP contribution in [0.4, 0.5) is 5.69 Å². The van der Waals surface area contributed by atoms with E-state index < -0.39 is 0 Å². The van der Waals surface area contributed by atoms with Gasteiger partial charge >= 0.3 is 0 Å². The average molecular weight is 408 g/mol. The first-order valence-electron chi connectivity index (χ1n) is 7.47. The molecule has 1 aliphatic heterocycles. The summed E-state index contributed by atoms with van der Waals surface area (Å²) >= 11 is 3.46. The minimum absolute atomic E-state index is 0.226. The SMILES string of the molecule is COc1ccc(NC(N)=NCc2cc(Br)c3c(c2)OCO3)cc1OC. The van der Waals surface area contributed by atoms with Crippen molar-refractivity contribution in [2.24, 2.45) is 10.7 Å². The molecule has 0 aromatic heterocycles. The Morgan fingerprint density at radius 1 is 1.20 bits per heavy atom. The van der Waals surface area contributed by atoms with Gasteiger partial charge in [-0.15, -0.1) is 0 Å². The molecule has 132 valence electrons. The maximum atomic E-state index is 5.97. The van der Waals surface area contributed by atoms with Gasteiger partial charge in [-0.25, -0.2) is 4.99 Å². The first kappa shape index (κ1) is 17.2. The summed E-state index contributed by atoms with van der Waals surface area (Å²) in [6, 6.07) is 9.24. The van der Waals surface area contributed by atoms with Crippen LogP contribution in [0.25, 0.3) is 0 Å². The Labute approximate surface area is 153 Å². The lowest BCUT2D eigenvalue weighted by Gasteiger charge is -2.11. The highest BCUT2D eigenvalue weighted by molar-refractivity contribution is 9.10. The number of nitrogens with two attached hydrogens (primary N) is 1. The quantitative estimate of drug-likeness (QED) is 0.584. The Hall–Kier alpha value is -2.61. The number of hydrogen-bond donors (Lipinski definition) is 2. The first-order valence-corrected chi connectivity index (χ1v) is 8.27. The number of nitrogens with one attached hydrogen (secondary N) is 1. The van der Waals surface area contributed by atoms with Crippen LogP contribution in [0, 0.1) is 0 Å². The van der Waals surface area contributed by atoms with E-state index >= 15 is 0 Å². The van der Waals surface area contributed by atoms with Crippen LogP contribution in [0.15, 0.2) is 39.8 Å². The van der Waals surface area contributed by atoms with Gasteiger partial charge in [-0.3, -0.25) is 0 Å². The van der Waals surface area contributed by atoms with Crippen LogP contribution in [-0.2, 0) is 6.54 Å². The van der Waals surface area contributed by atoms with E-state index in [0.29, 0.717) is 35.5 Å². The number of benzene rings is 2. The van der Waals surface area contributed by atoms with Crippen molar-refractivity contribution in [1.29, 1.82) is 0 Å². The molecule has 0 atom stereocenters. The molecular weight excluding hydrogens is 390 g/mol. The molecule has 0 aliphatic carbocycles. The Bertz CT molecular complexity index is 811. The summed E-state index contributed by atoms with van der Waals surface area (Å²) in [5.74, 6) is 2.96. The van der Waals surface area contributed by atoms with Gasteiger partial charge in [-0.05, 0) is 45.8 Å². The van der Waals surface area contributed by atoms with E-state index in [2.05, 4.69) is 26.2 Å². The average Bonchev–Trinajstić information content (AvgIpc) is 3.09. The standard InChI is InChI=1S/C17H18BrN3O4/c1-22-13-4-3-11(7-14(13)23-2)21-17(19)20-8-10-5-12(18)16-15(6-10)24-9-25-16/h3-7H,8-9H2,1-2H3,(H3,19,20,21). The molecule has 0 radical (unpaired) electrons. The zero-order chi connectivity index (χ0) is 17.8. The van der Waals surface area contributed by atoms with Gasteiger partial charge < -0.3 is 30.0 Å². The summed E-state index contributed by atoms with van der Waals surface area (Å²) in [5, 5.41) is 3.03. The predicted octanol–water partition coefficient (Wildman–Crippen LogP) is 3.12. The second-order valence-corrected chi connectivity index (χ2v) is 6.06. The van der Waals surface area contributed by atoms with Gasteiger partial charge in [-0.1, -0.05) is 0 Å². The van der Waals surface area contributed by atoms with Crippen LogP contribution < -0.4 is 30.0 Å². The molecule has 3 rings (SSSR count). The fourth-order valence-corrected chi connectivity index (χ4v) is 2.99. The molecule has 0 amide bonds. The van der Waals surface area contributed by atoms with Crippen molar-refractivity contribution in [2.75, 3.05) is 26.3 Å². The van der Waals surface area contributed by atoms with Gasteiger partial charge in [0.2, 0.25) is 6.79 Å². The van der Waals surface area contributed by atoms with Crippen molar-refractivity contribution in [1.82, 2.24) is 0 Å². The summed E-state index contributed by atoms with van der Waals surface area (Å²) in [5.41, 5.74) is 7.67. The number of anilines is 1. The lowest BCUT2D eigenvalue weighted by Crippen LogP contribution is -2.22. The van der Waals surface area contributed by atoms with Crippen molar-refractivity contribution in [3.63, 3.8) is 0 Å². The number of methoxy groups -OCH3 is 2. The van der Waals surface area contributed by atoms with Crippen molar-refractivity contribution in [2.45, 2.75) is 6.54 Å². The Morgan fingerprint density at radius 2 is 2.00 bits per heavy atom. The maximum absolute atomic E-state index is 5.97. The van der Waals surface area contributed by atoms with E-state index in [1.165, 1.54) is 0 Å². The summed E-state index contributed by atoms with van der Waals surface area (Å²) < 4.78 is 22.1. The highest BCUT2D eigenvalue weighted by Crippen LogP contribution is 2.40. The van der Waals surface area contributed by atoms with E-state index in [-0.39, 0.29) is 6.79 Å². The summed E-state index contributed by atoms with van der Waals surface area (Å²) in [4.78, 5) is 4.35. The second kappa shape index (κ2) is 7.52. The smallest absolute Gasteiger partial charge is 0.231 e. The number of nitrogens with zero attached hydrogens (tertiary/aromatic N) is 1. The highest BCUT2D eigenvalue weighted by Gasteiger charge is 2.17. The van der Waals surface area contributed by atoms with Crippen LogP contribution >= 0.6 is 15.9 Å². The molecule has 25 heavy (non-hydrogen) atoms. The van der Waals surface area contributed by atoms with Crippen LogP contribution in [0.2, 0.25) is 0 Å². The van der Waals surface area contributed by atoms with Gasteiger partial charge in [0, 0.05) is 11.8 Å². The van der Waals surface area contributed by atoms with E-state index in [9.17, 15) is 0 Å². The zero-order valence-electron chi connectivity index (χ0n) is 13.8. The highest BCUT2D eigenvalue weighted by atomic mass is 79.9. The number of guanidine groups is 1. The normalized spacial score (nSPS) is 12.8. The molecule has 1 heterocycles. The van der Waals surface area contributed by atoms with Crippen LogP contribution in [0.5, 0.6) is 23.0 Å². The molecule has 0 fully saturated rings. The van der Waals surface area contributed by atoms with E-state index in [0.717, 1.165) is 15.7 Å². The summed E-state index contributed by atoms with van der Waals surface area (Å²) in [6.45, 7) is 0.630. The molecule has 2 aromatic rings. The van der Waals surface area contributed by atoms with E-state index in [4.69, 9.17) is 24.7 Å². The molecule has 3 N–H and O–H groups in total. The fourth-order valence-electron chi connectivity index (χ4n) is 2.39. The van der Waals surface area contributed by atoms with Gasteiger partial charge in [0.15, 0.2) is 29.0 Å². The van der Waals surface area contributed by atoms with Crippen LogP contribution in [-0.4, -0.2) is 27.0 Å². The lowest BCUT2D eigenvalue weighted by atomic mass is 10.2. The van der Waals surface area contributed by atoms with E-state index in [1.807, 2.05) is 18.2 Å². The van der Waals surface area contributed by atoms with Crippen LogP contribution in [0.1, 0.15) is 5.56 Å². The first-order chi connectivity index (χ1) is 12.1. The van der Waals surface area contributed by atoms with Gasteiger partial charge in [0.25, 0.3) is 0 Å². The number of halogens is 1. The third-order valence-corrected chi connectivity index (χ3v) is 4.16. The number of ether oxygens (including phenoxy) is 4. The van der Waals surface area contributed by atoms with Gasteiger partial charge in [0.1, 0.15) is 0 Å². The number of hydrogen-bond acceptors (Lipinski definition) is 5. The predicted molar refractivity (Wildman–Crippen MR) is 98.8 cm³/mol. The van der Waals surface area contributed by atoms with Crippen LogP contribution in [0.3, 0.4) is 0 Å². The number of rotatable bonds is 5. The Balaban J connectivity index is 1.69. The molecule has 0 unspecified atom stereocenters. The molecule has 0 bridgehead atoms. The number of aliphatic imine (C=N–C) groups is 1. The van der Waals surface area contributed by atoms with Crippen molar-refractivity contribution in [3.8, 4) is 23.0 Å². The Morgan fingerprint density at radius 3 is 2.76 bits per heavy atom. The minimum atomic E-state index is 0.226. The largest absolute Gasteiger partial charge is 0.493 e. The third kappa shape index (κ3) is 3.90. The van der Waals surface area contributed by atoms with Crippen molar-refractivity contribution in [3.05, 3.63) is 40.4 Å². The molecule has 8 heteroatoms. The van der Waals surface area contributed by atoms with Crippen molar-refractivity contribution < 1.29 is 18.9 Å². The fraction of sp³-hybridized carbons (Fsp3) is 0.235. The second-order valence-electron chi connectivity index (χ2n) is 5.21. The lowest BCUT2D eigenvalue weighted by molar-refractivity contribution is 0.173. The molecule has 2 aromatic carbocycles. The minimum Gasteiger partial charge on any atom is -0.493 e. The van der Waals surface area contributed by atoms with Crippen molar-refractivity contribution >= 4 is 27.6 Å². The Kier molecular flexibility index (Phi) is 5.18.